The number of unbranched alkanes of at least 4 members (excludes halogenated alkanes) is 1. The second-order valence-electron chi connectivity index (χ2n) is 10.3. The molecule has 0 aliphatic carbocycles. The molecule has 1 aliphatic heterocycles. The predicted molar refractivity (Wildman–Crippen MR) is 154 cm³/mol. The van der Waals surface area contributed by atoms with Crippen molar-refractivity contribution in [3.05, 3.63) is 53.3 Å². The lowest BCUT2D eigenvalue weighted by Crippen LogP contribution is -2.27. The SMILES string of the molecule is C=C(CC(C)(C)C)N1CCC(N)C1.CCCC.CN.Cc1ncsc1-c1ccc(C(C)C)cc1. The number of nitrogens with zero attached hydrogens (tertiary/aromatic N) is 2. The van der Waals surface area contributed by atoms with Gasteiger partial charge in [-0.15, -0.1) is 11.3 Å². The number of hydrogen-bond acceptors (Lipinski definition) is 5. The molecule has 0 radical (unpaired) electrons. The van der Waals surface area contributed by atoms with Crippen LogP contribution in [-0.2, 0) is 0 Å². The van der Waals surface area contributed by atoms with Crippen LogP contribution in [0.25, 0.3) is 10.4 Å². The molecule has 2 aromatic rings. The van der Waals surface area contributed by atoms with Gasteiger partial charge in [-0.25, -0.2) is 4.98 Å². The largest absolute Gasteiger partial charge is 0.374 e. The minimum atomic E-state index is 0.337. The van der Waals surface area contributed by atoms with E-state index in [0.717, 1.165) is 31.6 Å². The average Bonchev–Trinajstić information content (AvgIpc) is 3.43. The van der Waals surface area contributed by atoms with E-state index in [1.807, 2.05) is 5.51 Å². The van der Waals surface area contributed by atoms with Gasteiger partial charge in [-0.1, -0.05) is 92.2 Å². The van der Waals surface area contributed by atoms with Crippen molar-refractivity contribution in [2.24, 2.45) is 16.9 Å². The number of aromatic nitrogens is 1. The highest BCUT2D eigenvalue weighted by Gasteiger charge is 2.22. The van der Waals surface area contributed by atoms with Gasteiger partial charge in [0.2, 0.25) is 0 Å². The molecule has 1 saturated heterocycles. The first-order chi connectivity index (χ1) is 16.0. The van der Waals surface area contributed by atoms with Gasteiger partial charge in [0.15, 0.2) is 0 Å². The van der Waals surface area contributed by atoms with Crippen molar-refractivity contribution >= 4 is 11.3 Å². The average molecular weight is 489 g/mol. The second kappa shape index (κ2) is 16.9. The van der Waals surface area contributed by atoms with Gasteiger partial charge in [-0.2, -0.15) is 0 Å². The van der Waals surface area contributed by atoms with Crippen LogP contribution >= 0.6 is 11.3 Å². The molecule has 2 heterocycles. The van der Waals surface area contributed by atoms with Gasteiger partial charge in [0.05, 0.1) is 16.1 Å². The summed E-state index contributed by atoms with van der Waals surface area (Å²) in [4.78, 5) is 7.88. The second-order valence-corrected chi connectivity index (χ2v) is 11.2. The van der Waals surface area contributed by atoms with Crippen LogP contribution in [0.4, 0.5) is 0 Å². The predicted octanol–water partition coefficient (Wildman–Crippen LogP) is 7.59. The van der Waals surface area contributed by atoms with E-state index < -0.39 is 0 Å². The van der Waals surface area contributed by atoms with Gasteiger partial charge in [0.25, 0.3) is 0 Å². The molecule has 3 rings (SSSR count). The molecule has 0 saturated carbocycles. The standard InChI is InChI=1S/C13H15NS.C11H22N2.C4H10.CH5N/c1-9(2)11-4-6-12(7-5-11)13-10(3)14-8-15-13;1-9(7-11(2,3)4)13-6-5-10(12)8-13;1-3-4-2;1-2/h4-9H,1-3H3;10H,1,5-8,12H2,2-4H3;3-4H2,1-2H3;2H2,1H3. The van der Waals surface area contributed by atoms with E-state index in [1.165, 1.54) is 41.6 Å². The summed E-state index contributed by atoms with van der Waals surface area (Å²) in [5.41, 5.74) is 17.6. The molecule has 0 spiro atoms. The summed E-state index contributed by atoms with van der Waals surface area (Å²) < 4.78 is 0. The molecule has 1 fully saturated rings. The minimum Gasteiger partial charge on any atom is -0.374 e. The van der Waals surface area contributed by atoms with Crippen molar-refractivity contribution in [3.63, 3.8) is 0 Å². The summed E-state index contributed by atoms with van der Waals surface area (Å²) in [7, 11) is 1.50. The van der Waals surface area contributed by atoms with Gasteiger partial charge in [0, 0.05) is 24.8 Å². The molecule has 4 nitrogen and oxygen atoms in total. The van der Waals surface area contributed by atoms with Crippen molar-refractivity contribution in [2.45, 2.75) is 93.0 Å². The molecule has 194 valence electrons. The third-order valence-corrected chi connectivity index (χ3v) is 6.47. The molecule has 4 N–H and O–H groups in total. The highest BCUT2D eigenvalue weighted by molar-refractivity contribution is 7.13. The lowest BCUT2D eigenvalue weighted by Gasteiger charge is -2.27. The van der Waals surface area contributed by atoms with Crippen molar-refractivity contribution in [1.29, 1.82) is 0 Å². The van der Waals surface area contributed by atoms with E-state index in [1.54, 1.807) is 11.3 Å². The Morgan fingerprint density at radius 1 is 1.15 bits per heavy atom. The smallest absolute Gasteiger partial charge is 0.0801 e. The van der Waals surface area contributed by atoms with E-state index in [9.17, 15) is 0 Å². The highest BCUT2D eigenvalue weighted by atomic mass is 32.1. The van der Waals surface area contributed by atoms with Crippen LogP contribution in [0.3, 0.4) is 0 Å². The Hall–Kier alpha value is -1.69. The highest BCUT2D eigenvalue weighted by Crippen LogP contribution is 2.28. The van der Waals surface area contributed by atoms with E-state index in [0.29, 0.717) is 17.4 Å². The van der Waals surface area contributed by atoms with Crippen LogP contribution < -0.4 is 11.5 Å². The molecule has 1 aromatic heterocycles. The van der Waals surface area contributed by atoms with Crippen molar-refractivity contribution in [3.8, 4) is 10.4 Å². The third kappa shape index (κ3) is 12.7. The maximum atomic E-state index is 5.84. The summed E-state index contributed by atoms with van der Waals surface area (Å²) in [5, 5.41) is 0. The summed E-state index contributed by atoms with van der Waals surface area (Å²) in [5.74, 6) is 0.599. The Labute approximate surface area is 214 Å². The summed E-state index contributed by atoms with van der Waals surface area (Å²) >= 11 is 1.71. The monoisotopic (exact) mass is 488 g/mol. The zero-order valence-electron chi connectivity index (χ0n) is 23.4. The van der Waals surface area contributed by atoms with Gasteiger partial charge < -0.3 is 16.4 Å². The molecule has 0 amide bonds. The molecule has 5 heteroatoms. The molecular formula is C29H52N4S. The fourth-order valence-corrected chi connectivity index (χ4v) is 4.21. The maximum absolute atomic E-state index is 5.84. The Balaban J connectivity index is 0.000000525. The quantitative estimate of drug-likeness (QED) is 0.455. The number of aryl methyl sites for hydroxylation is 1. The van der Waals surface area contributed by atoms with Crippen LogP contribution in [0.1, 0.15) is 91.3 Å². The maximum Gasteiger partial charge on any atom is 0.0801 e. The molecule has 1 aliphatic rings. The van der Waals surface area contributed by atoms with Crippen molar-refractivity contribution < 1.29 is 0 Å². The van der Waals surface area contributed by atoms with Crippen molar-refractivity contribution in [1.82, 2.24) is 9.88 Å². The number of allylic oxidation sites excluding steroid dienone is 1. The molecule has 1 atom stereocenters. The molecule has 34 heavy (non-hydrogen) atoms. The zero-order valence-corrected chi connectivity index (χ0v) is 24.3. The van der Waals surface area contributed by atoms with Gasteiger partial charge in [-0.05, 0) is 49.3 Å². The van der Waals surface area contributed by atoms with Crippen LogP contribution in [0.2, 0.25) is 0 Å². The molecule has 1 aromatic carbocycles. The van der Waals surface area contributed by atoms with Crippen molar-refractivity contribution in [2.75, 3.05) is 20.1 Å². The van der Waals surface area contributed by atoms with Gasteiger partial charge >= 0.3 is 0 Å². The van der Waals surface area contributed by atoms with Gasteiger partial charge in [0.1, 0.15) is 0 Å². The lowest BCUT2D eigenvalue weighted by molar-refractivity contribution is 0.327. The first-order valence-corrected chi connectivity index (χ1v) is 13.6. The van der Waals surface area contributed by atoms with Crippen LogP contribution in [0.15, 0.2) is 42.1 Å². The van der Waals surface area contributed by atoms with Gasteiger partial charge in [-0.3, -0.25) is 0 Å². The summed E-state index contributed by atoms with van der Waals surface area (Å²) in [6.07, 6.45) is 4.82. The molecule has 1 unspecified atom stereocenters. The van der Waals surface area contributed by atoms with Crippen LogP contribution in [-0.4, -0.2) is 36.1 Å². The fraction of sp³-hybridized carbons (Fsp3) is 0.621. The molecular weight excluding hydrogens is 436 g/mol. The van der Waals surface area contributed by atoms with Crippen LogP contribution in [0, 0.1) is 12.3 Å². The zero-order chi connectivity index (χ0) is 26.3. The van der Waals surface area contributed by atoms with E-state index in [4.69, 9.17) is 5.73 Å². The number of benzene rings is 1. The number of rotatable bonds is 5. The Kier molecular flexibility index (Phi) is 16.0. The third-order valence-electron chi connectivity index (χ3n) is 5.49. The van der Waals surface area contributed by atoms with Crippen LogP contribution in [0.5, 0.6) is 0 Å². The molecule has 0 bridgehead atoms. The number of thiazole rings is 1. The fourth-order valence-electron chi connectivity index (χ4n) is 3.40. The number of nitrogens with two attached hydrogens (primary N) is 2. The van der Waals surface area contributed by atoms with E-state index in [2.05, 4.69) is 102 Å². The van der Waals surface area contributed by atoms with E-state index >= 15 is 0 Å². The van der Waals surface area contributed by atoms with E-state index in [-0.39, 0.29) is 0 Å². The Bertz CT molecular complexity index is 785. The summed E-state index contributed by atoms with van der Waals surface area (Å²) in [6, 6.07) is 9.15. The lowest BCUT2D eigenvalue weighted by atomic mass is 9.90. The number of likely N-dealkylation sites (tertiary alicyclic amines) is 1. The summed E-state index contributed by atoms with van der Waals surface area (Å²) in [6.45, 7) is 23.8. The topological polar surface area (TPSA) is 68.2 Å². The Morgan fingerprint density at radius 2 is 1.71 bits per heavy atom. The normalized spacial score (nSPS) is 14.9. The first-order valence-electron chi connectivity index (χ1n) is 12.7. The number of hydrogen-bond donors (Lipinski definition) is 2. The first kappa shape index (κ1) is 32.3. The minimum absolute atomic E-state index is 0.337. The Morgan fingerprint density at radius 3 is 2.06 bits per heavy atom.